The molecule has 0 atom stereocenters. The van der Waals surface area contributed by atoms with Crippen LogP contribution in [0.4, 0.5) is 5.69 Å². The zero-order valence-corrected chi connectivity index (χ0v) is 20.2. The number of thioether (sulfide) groups is 1. The van der Waals surface area contributed by atoms with Crippen molar-refractivity contribution in [3.05, 3.63) is 74.9 Å². The molecule has 11 nitrogen and oxygen atoms in total. The molecule has 2 heterocycles. The second kappa shape index (κ2) is 10.4. The van der Waals surface area contributed by atoms with Gasteiger partial charge in [0.25, 0.3) is 5.69 Å². The lowest BCUT2D eigenvalue weighted by atomic mass is 10.1. The highest BCUT2D eigenvalue weighted by Crippen LogP contribution is 2.33. The van der Waals surface area contributed by atoms with Gasteiger partial charge >= 0.3 is 5.97 Å². The van der Waals surface area contributed by atoms with Crippen molar-refractivity contribution in [3.63, 3.8) is 0 Å². The summed E-state index contributed by atoms with van der Waals surface area (Å²) in [5, 5.41) is 27.9. The molecule has 4 rings (SSSR count). The van der Waals surface area contributed by atoms with Crippen molar-refractivity contribution in [2.45, 2.75) is 12.1 Å². The maximum absolute atomic E-state index is 11.9. The number of methoxy groups -OCH3 is 2. The summed E-state index contributed by atoms with van der Waals surface area (Å²) in [5.41, 5.74) is 1.90. The van der Waals surface area contributed by atoms with Crippen LogP contribution in [0.5, 0.6) is 11.5 Å². The Morgan fingerprint density at radius 1 is 1.14 bits per heavy atom. The van der Waals surface area contributed by atoms with Gasteiger partial charge < -0.3 is 19.0 Å². The molecule has 12 heteroatoms. The Morgan fingerprint density at radius 3 is 2.50 bits per heavy atom. The lowest BCUT2D eigenvalue weighted by Gasteiger charge is -2.06. The van der Waals surface area contributed by atoms with E-state index in [0.29, 0.717) is 34.2 Å². The van der Waals surface area contributed by atoms with Crippen LogP contribution in [0.3, 0.4) is 0 Å². The third-order valence-corrected chi connectivity index (χ3v) is 5.98. The molecule has 2 aromatic heterocycles. The normalized spacial score (nSPS) is 11.4. The van der Waals surface area contributed by atoms with Gasteiger partial charge in [0.05, 0.1) is 19.1 Å². The molecule has 0 aliphatic heterocycles. The van der Waals surface area contributed by atoms with Gasteiger partial charge in [-0.15, -0.1) is 5.10 Å². The fourth-order valence-corrected chi connectivity index (χ4v) is 3.98. The lowest BCUT2D eigenvalue weighted by Crippen LogP contribution is -1.97. The number of benzene rings is 2. The molecule has 0 saturated heterocycles. The smallest absolute Gasteiger partial charge is 0.342 e. The highest BCUT2D eigenvalue weighted by atomic mass is 32.2. The van der Waals surface area contributed by atoms with Gasteiger partial charge in [-0.05, 0) is 48.5 Å². The summed E-state index contributed by atoms with van der Waals surface area (Å²) in [7, 11) is 3.06. The second-order valence-corrected chi connectivity index (χ2v) is 8.45. The van der Waals surface area contributed by atoms with E-state index in [9.17, 15) is 20.0 Å². The third kappa shape index (κ3) is 5.39. The standard InChI is InChI=1S/C24H20N4O7S/c1-13-4-5-15(28(31)32)10-19(13)20-7-6-16(35-20)12-21(23(29)30)36-24-25-22(26-27-24)14-8-17(33-2)11-18(9-14)34-3/h4-12H,1-3H3,(H,29,30)(H,25,26,27)/b21-12-. The van der Waals surface area contributed by atoms with E-state index in [2.05, 4.69) is 15.2 Å². The number of hydrogen-bond donors (Lipinski definition) is 2. The number of non-ortho nitro benzene ring substituents is 1. The minimum absolute atomic E-state index is 0.0695. The summed E-state index contributed by atoms with van der Waals surface area (Å²) in [4.78, 5) is 26.8. The van der Waals surface area contributed by atoms with Gasteiger partial charge in [-0.1, -0.05) is 6.07 Å². The van der Waals surface area contributed by atoms with E-state index in [1.54, 1.807) is 43.3 Å². The highest BCUT2D eigenvalue weighted by Gasteiger charge is 2.17. The van der Waals surface area contributed by atoms with Crippen LogP contribution in [0.2, 0.25) is 0 Å². The second-order valence-electron chi connectivity index (χ2n) is 7.44. The fourth-order valence-electron chi connectivity index (χ4n) is 3.29. The van der Waals surface area contributed by atoms with Crippen molar-refractivity contribution >= 4 is 29.5 Å². The van der Waals surface area contributed by atoms with Crippen molar-refractivity contribution in [2.75, 3.05) is 14.2 Å². The Morgan fingerprint density at radius 2 is 1.86 bits per heavy atom. The quantitative estimate of drug-likeness (QED) is 0.134. The topological polar surface area (TPSA) is 154 Å². The summed E-state index contributed by atoms with van der Waals surface area (Å²) in [6, 6.07) is 12.9. The first-order valence-corrected chi connectivity index (χ1v) is 11.2. The number of carboxylic acids is 1. The van der Waals surface area contributed by atoms with Crippen LogP contribution in [0.25, 0.3) is 28.8 Å². The largest absolute Gasteiger partial charge is 0.497 e. The number of ether oxygens (including phenoxy) is 2. The maximum Gasteiger partial charge on any atom is 0.342 e. The number of H-pyrrole nitrogens is 1. The number of aryl methyl sites for hydroxylation is 1. The number of aliphatic carboxylic acids is 1. The van der Waals surface area contributed by atoms with E-state index >= 15 is 0 Å². The van der Waals surface area contributed by atoms with Crippen LogP contribution < -0.4 is 9.47 Å². The van der Waals surface area contributed by atoms with Gasteiger partial charge in [0.15, 0.2) is 5.82 Å². The molecule has 36 heavy (non-hydrogen) atoms. The first-order valence-electron chi connectivity index (χ1n) is 10.4. The molecule has 0 amide bonds. The summed E-state index contributed by atoms with van der Waals surface area (Å²) >= 11 is 0.838. The first kappa shape index (κ1) is 24.5. The number of nitrogens with zero attached hydrogens (tertiary/aromatic N) is 3. The number of aromatic nitrogens is 3. The van der Waals surface area contributed by atoms with E-state index in [0.717, 1.165) is 17.3 Å². The molecule has 2 N–H and O–H groups in total. The van der Waals surface area contributed by atoms with Gasteiger partial charge in [-0.3, -0.25) is 15.2 Å². The Bertz CT molecular complexity index is 1450. The van der Waals surface area contributed by atoms with Gasteiger partial charge in [0.2, 0.25) is 5.16 Å². The van der Waals surface area contributed by atoms with Crippen LogP contribution in [0, 0.1) is 17.0 Å². The predicted octanol–water partition coefficient (Wildman–Crippen LogP) is 5.18. The monoisotopic (exact) mass is 508 g/mol. The molecule has 0 unspecified atom stereocenters. The molecule has 0 aliphatic carbocycles. The predicted molar refractivity (Wildman–Crippen MR) is 132 cm³/mol. The SMILES string of the molecule is COc1cc(OC)cc(-c2nc(S/C(=C\c3ccc(-c4cc([N+](=O)[O-])ccc4C)o3)C(=O)O)n[nH]2)c1. The molecule has 0 saturated carbocycles. The van der Waals surface area contributed by atoms with Gasteiger partial charge in [-0.25, -0.2) is 9.78 Å². The van der Waals surface area contributed by atoms with E-state index in [1.807, 2.05) is 0 Å². The number of furan rings is 1. The van der Waals surface area contributed by atoms with Crippen LogP contribution in [-0.4, -0.2) is 45.4 Å². The zero-order valence-electron chi connectivity index (χ0n) is 19.3. The van der Waals surface area contributed by atoms with Crippen LogP contribution in [0.1, 0.15) is 11.3 Å². The summed E-state index contributed by atoms with van der Waals surface area (Å²) in [6.45, 7) is 1.80. The van der Waals surface area contributed by atoms with Crippen molar-refractivity contribution in [1.82, 2.24) is 15.2 Å². The molecule has 2 aromatic carbocycles. The van der Waals surface area contributed by atoms with Crippen LogP contribution >= 0.6 is 11.8 Å². The van der Waals surface area contributed by atoms with Gasteiger partial charge in [0.1, 0.15) is 27.9 Å². The third-order valence-electron chi connectivity index (χ3n) is 5.10. The molecule has 4 aromatic rings. The first-order chi connectivity index (χ1) is 17.3. The van der Waals surface area contributed by atoms with E-state index in [1.165, 1.54) is 32.4 Å². The number of nitrogens with one attached hydrogen (secondary N) is 1. The Balaban J connectivity index is 1.59. The minimum Gasteiger partial charge on any atom is -0.497 e. The molecular formula is C24H20N4O7S. The van der Waals surface area contributed by atoms with E-state index < -0.39 is 10.9 Å². The molecule has 0 fully saturated rings. The number of hydrogen-bond acceptors (Lipinski definition) is 9. The van der Waals surface area contributed by atoms with Crippen molar-refractivity contribution < 1.29 is 28.7 Å². The molecule has 0 aliphatic rings. The number of carboxylic acid groups (broad SMARTS) is 1. The fraction of sp³-hybridized carbons (Fsp3) is 0.125. The molecule has 184 valence electrons. The molecule has 0 radical (unpaired) electrons. The van der Waals surface area contributed by atoms with Crippen molar-refractivity contribution in [3.8, 4) is 34.2 Å². The number of nitro benzene ring substituents is 1. The van der Waals surface area contributed by atoms with Crippen LogP contribution in [-0.2, 0) is 4.79 Å². The zero-order chi connectivity index (χ0) is 25.8. The van der Waals surface area contributed by atoms with Gasteiger partial charge in [-0.2, -0.15) is 0 Å². The molecular weight excluding hydrogens is 488 g/mol. The number of rotatable bonds is 9. The average molecular weight is 509 g/mol. The summed E-state index contributed by atoms with van der Waals surface area (Å²) in [6.07, 6.45) is 1.34. The number of nitro groups is 1. The summed E-state index contributed by atoms with van der Waals surface area (Å²) < 4.78 is 16.3. The van der Waals surface area contributed by atoms with E-state index in [4.69, 9.17) is 13.9 Å². The number of carbonyl (C=O) groups is 1. The van der Waals surface area contributed by atoms with Gasteiger partial charge in [0, 0.05) is 35.4 Å². The number of aromatic amines is 1. The van der Waals surface area contributed by atoms with Crippen molar-refractivity contribution in [2.24, 2.45) is 0 Å². The Hall–Kier alpha value is -4.58. The maximum atomic E-state index is 11.9. The Labute approximate surface area is 208 Å². The average Bonchev–Trinajstić information content (AvgIpc) is 3.53. The highest BCUT2D eigenvalue weighted by molar-refractivity contribution is 8.04. The minimum atomic E-state index is -1.20. The van der Waals surface area contributed by atoms with Crippen LogP contribution in [0.15, 0.2) is 63.0 Å². The van der Waals surface area contributed by atoms with Crippen molar-refractivity contribution in [1.29, 1.82) is 0 Å². The lowest BCUT2D eigenvalue weighted by molar-refractivity contribution is -0.384. The Kier molecular flexibility index (Phi) is 7.06. The molecule has 0 spiro atoms. The summed E-state index contributed by atoms with van der Waals surface area (Å²) in [5.74, 6) is 0.973. The van der Waals surface area contributed by atoms with E-state index in [-0.39, 0.29) is 21.5 Å². The molecule has 0 bridgehead atoms.